The average Bonchev–Trinajstić information content (AvgIpc) is 2.72. The number of hydrogen-bond acceptors (Lipinski definition) is 5. The maximum atomic E-state index is 13.5. The Bertz CT molecular complexity index is 985. The van der Waals surface area contributed by atoms with Crippen LogP contribution in [0.1, 0.15) is 59.5 Å². The zero-order valence-electron chi connectivity index (χ0n) is 19.9. The Morgan fingerprint density at radius 2 is 1.81 bits per heavy atom. The molecule has 0 aliphatic rings. The lowest BCUT2D eigenvalue weighted by Crippen LogP contribution is -2.51. The highest BCUT2D eigenvalue weighted by Gasteiger charge is 2.31. The molecule has 0 aromatic heterocycles. The summed E-state index contributed by atoms with van der Waals surface area (Å²) in [7, 11) is -0.125. The van der Waals surface area contributed by atoms with Crippen molar-refractivity contribution < 1.29 is 24.4 Å². The van der Waals surface area contributed by atoms with E-state index in [1.807, 2.05) is 34.6 Å². The predicted octanol–water partition coefficient (Wildman–Crippen LogP) is 2.26. The van der Waals surface area contributed by atoms with Gasteiger partial charge in [0.1, 0.15) is 5.75 Å². The molecule has 0 saturated carbocycles. The number of carbonyl (C=O) groups is 2. The van der Waals surface area contributed by atoms with E-state index < -0.39 is 7.12 Å². The second kappa shape index (κ2) is 10.2. The van der Waals surface area contributed by atoms with Gasteiger partial charge in [-0.15, -0.1) is 0 Å². The lowest BCUT2D eigenvalue weighted by Gasteiger charge is -2.38. The molecule has 2 rings (SSSR count). The number of carbonyl (C=O) groups excluding carboxylic acids is 2. The zero-order valence-corrected chi connectivity index (χ0v) is 19.9. The first-order chi connectivity index (χ1) is 14.9. The molecule has 0 heterocycles. The zero-order chi connectivity index (χ0) is 24.2. The van der Waals surface area contributed by atoms with Crippen molar-refractivity contribution in [1.29, 1.82) is 0 Å². The van der Waals surface area contributed by atoms with Crippen LogP contribution in [0.25, 0.3) is 0 Å². The Balaban J connectivity index is 2.35. The van der Waals surface area contributed by atoms with Crippen LogP contribution in [0.15, 0.2) is 36.4 Å². The number of nitrogens with zero attached hydrogens (tertiary/aromatic N) is 1. The second-order valence-corrected chi connectivity index (χ2v) is 9.12. The summed E-state index contributed by atoms with van der Waals surface area (Å²) in [4.78, 5) is 28.0. The van der Waals surface area contributed by atoms with E-state index in [2.05, 4.69) is 5.32 Å². The van der Waals surface area contributed by atoms with Crippen molar-refractivity contribution in [2.24, 2.45) is 5.41 Å². The fourth-order valence-corrected chi connectivity index (χ4v) is 3.44. The summed E-state index contributed by atoms with van der Waals surface area (Å²) < 4.78 is 5.30. The van der Waals surface area contributed by atoms with Gasteiger partial charge in [0, 0.05) is 22.7 Å². The molecule has 1 unspecified atom stereocenters. The molecule has 0 spiro atoms. The van der Waals surface area contributed by atoms with E-state index >= 15 is 0 Å². The van der Waals surface area contributed by atoms with E-state index in [-0.39, 0.29) is 35.4 Å². The van der Waals surface area contributed by atoms with Crippen LogP contribution in [0.3, 0.4) is 0 Å². The Kier molecular flexibility index (Phi) is 8.10. The smallest absolute Gasteiger partial charge is 0.488 e. The summed E-state index contributed by atoms with van der Waals surface area (Å²) in [6.07, 6.45) is 0. The second-order valence-electron chi connectivity index (χ2n) is 9.12. The third-order valence-electron chi connectivity index (χ3n) is 5.79. The van der Waals surface area contributed by atoms with Crippen LogP contribution in [-0.4, -0.2) is 53.7 Å². The Morgan fingerprint density at radius 3 is 2.38 bits per heavy atom. The third kappa shape index (κ3) is 5.90. The van der Waals surface area contributed by atoms with Crippen molar-refractivity contribution in [2.45, 2.75) is 47.6 Å². The van der Waals surface area contributed by atoms with Crippen molar-refractivity contribution in [2.75, 3.05) is 13.8 Å². The van der Waals surface area contributed by atoms with Gasteiger partial charge in [0.25, 0.3) is 11.8 Å². The van der Waals surface area contributed by atoms with Crippen LogP contribution in [0.2, 0.25) is 0 Å². The maximum absolute atomic E-state index is 13.5. The number of aryl methyl sites for hydroxylation is 1. The molecule has 0 fully saturated rings. The first kappa shape index (κ1) is 25.4. The number of benzene rings is 2. The minimum atomic E-state index is -1.68. The van der Waals surface area contributed by atoms with Crippen LogP contribution in [0, 0.1) is 19.3 Å². The Hall–Kier alpha value is -2.84. The van der Waals surface area contributed by atoms with Crippen LogP contribution in [0.4, 0.5) is 0 Å². The average molecular weight is 440 g/mol. The number of rotatable bonds is 7. The largest absolute Gasteiger partial charge is 0.496 e. The highest BCUT2D eigenvalue weighted by molar-refractivity contribution is 6.58. The van der Waals surface area contributed by atoms with E-state index in [4.69, 9.17) is 4.74 Å². The number of ether oxygens (including phenoxy) is 1. The van der Waals surface area contributed by atoms with Crippen molar-refractivity contribution in [1.82, 2.24) is 10.2 Å². The Morgan fingerprint density at radius 1 is 1.16 bits per heavy atom. The topological polar surface area (TPSA) is 99.1 Å². The lowest BCUT2D eigenvalue weighted by molar-refractivity contribution is 0.0518. The molecule has 0 bridgehead atoms. The van der Waals surface area contributed by atoms with Gasteiger partial charge in [-0.3, -0.25) is 9.59 Å². The van der Waals surface area contributed by atoms with E-state index in [1.54, 1.807) is 49.3 Å². The van der Waals surface area contributed by atoms with Gasteiger partial charge in [-0.05, 0) is 55.9 Å². The lowest BCUT2D eigenvalue weighted by atomic mass is 9.78. The molecule has 3 N–H and O–H groups in total. The van der Waals surface area contributed by atoms with Gasteiger partial charge in [-0.2, -0.15) is 0 Å². The number of hydrogen-bond donors (Lipinski definition) is 3. The first-order valence-electron chi connectivity index (χ1n) is 10.6. The van der Waals surface area contributed by atoms with Crippen molar-refractivity contribution in [3.8, 4) is 5.75 Å². The highest BCUT2D eigenvalue weighted by atomic mass is 16.5. The van der Waals surface area contributed by atoms with E-state index in [9.17, 15) is 19.6 Å². The fraction of sp³-hybridized carbons (Fsp3) is 0.417. The fourth-order valence-electron chi connectivity index (χ4n) is 3.44. The molecular weight excluding hydrogens is 407 g/mol. The standard InChI is InChI=1S/C24H33BN2O5/c1-15-11-18(13-19(12-15)25(30)31)23(29)27(17(3)24(4,5)6)14-26-22(28)20-9-8-10-21(32-7)16(20)2/h8-13,17,30-31H,14H2,1-7H3,(H,26,28). The van der Waals surface area contributed by atoms with Gasteiger partial charge < -0.3 is 25.0 Å². The maximum Gasteiger partial charge on any atom is 0.488 e. The third-order valence-corrected chi connectivity index (χ3v) is 5.79. The van der Waals surface area contributed by atoms with Gasteiger partial charge in [0.15, 0.2) is 0 Å². The molecule has 1 atom stereocenters. The molecule has 0 saturated heterocycles. The summed E-state index contributed by atoms with van der Waals surface area (Å²) in [6.45, 7) is 11.6. The molecule has 7 nitrogen and oxygen atoms in total. The number of amides is 2. The van der Waals surface area contributed by atoms with Crippen LogP contribution < -0.4 is 15.5 Å². The van der Waals surface area contributed by atoms with Gasteiger partial charge in [0.05, 0.1) is 13.8 Å². The summed E-state index contributed by atoms with van der Waals surface area (Å²) in [6, 6.07) is 9.81. The summed E-state index contributed by atoms with van der Waals surface area (Å²) in [5, 5.41) is 22.0. The van der Waals surface area contributed by atoms with Gasteiger partial charge in [-0.1, -0.05) is 38.5 Å². The molecule has 2 aromatic carbocycles. The molecule has 2 amide bonds. The first-order valence-corrected chi connectivity index (χ1v) is 10.6. The molecule has 172 valence electrons. The van der Waals surface area contributed by atoms with Crippen LogP contribution in [0.5, 0.6) is 5.75 Å². The van der Waals surface area contributed by atoms with Gasteiger partial charge in [0.2, 0.25) is 0 Å². The van der Waals surface area contributed by atoms with E-state index in [1.165, 1.54) is 6.07 Å². The van der Waals surface area contributed by atoms with Crippen molar-refractivity contribution >= 4 is 24.4 Å². The Labute approximate surface area is 190 Å². The number of methoxy groups -OCH3 is 1. The highest BCUT2D eigenvalue weighted by Crippen LogP contribution is 2.25. The summed E-state index contributed by atoms with van der Waals surface area (Å²) in [5.74, 6) is 0.000188. The van der Waals surface area contributed by atoms with Crippen molar-refractivity contribution in [3.63, 3.8) is 0 Å². The monoisotopic (exact) mass is 440 g/mol. The molecule has 2 aromatic rings. The summed E-state index contributed by atoms with van der Waals surface area (Å²) >= 11 is 0. The predicted molar refractivity (Wildman–Crippen MR) is 126 cm³/mol. The van der Waals surface area contributed by atoms with Crippen LogP contribution >= 0.6 is 0 Å². The molecular formula is C24H33BN2O5. The van der Waals surface area contributed by atoms with E-state index in [0.29, 0.717) is 16.9 Å². The summed E-state index contributed by atoms with van der Waals surface area (Å²) in [5.41, 5.74) is 2.24. The molecule has 0 aliphatic heterocycles. The molecule has 0 radical (unpaired) electrons. The van der Waals surface area contributed by atoms with Crippen LogP contribution in [-0.2, 0) is 0 Å². The number of nitrogens with one attached hydrogen (secondary N) is 1. The normalized spacial score (nSPS) is 12.2. The van der Waals surface area contributed by atoms with Gasteiger partial charge >= 0.3 is 7.12 Å². The molecule has 32 heavy (non-hydrogen) atoms. The molecule has 0 aliphatic carbocycles. The molecule has 8 heteroatoms. The van der Waals surface area contributed by atoms with Gasteiger partial charge in [-0.25, -0.2) is 0 Å². The minimum absolute atomic E-state index is 0.00227. The van der Waals surface area contributed by atoms with E-state index in [0.717, 1.165) is 11.1 Å². The van der Waals surface area contributed by atoms with Crippen molar-refractivity contribution in [3.05, 3.63) is 58.7 Å². The quantitative estimate of drug-likeness (QED) is 0.453. The SMILES string of the molecule is COc1cccc(C(=O)NCN(C(=O)c2cc(C)cc(B(O)O)c2)C(C)C(C)(C)C)c1C. The minimum Gasteiger partial charge on any atom is -0.496 e.